The summed E-state index contributed by atoms with van der Waals surface area (Å²) >= 11 is 0. The van der Waals surface area contributed by atoms with E-state index >= 15 is 0 Å². The van der Waals surface area contributed by atoms with Crippen LogP contribution in [0.5, 0.6) is 0 Å². The molecule has 0 amide bonds. The molecule has 1 N–H and O–H groups in total. The monoisotopic (exact) mass is 369 g/mol. The van der Waals surface area contributed by atoms with Crippen LogP contribution in [-0.4, -0.2) is 18.8 Å². The van der Waals surface area contributed by atoms with Crippen LogP contribution in [0, 0.1) is 12.7 Å². The number of aryl methyl sites for hydroxylation is 1. The minimum absolute atomic E-state index is 0.0555. The molecule has 1 fully saturated rings. The zero-order chi connectivity index (χ0) is 19.3. The van der Waals surface area contributed by atoms with Crippen LogP contribution in [0.25, 0.3) is 0 Å². The van der Waals surface area contributed by atoms with E-state index in [-0.39, 0.29) is 16.8 Å². The van der Waals surface area contributed by atoms with Crippen molar-refractivity contribution in [2.75, 3.05) is 13.2 Å². The van der Waals surface area contributed by atoms with Crippen LogP contribution in [0.15, 0.2) is 48.5 Å². The maximum Gasteiger partial charge on any atom is 0.123 e. The normalized spacial score (nSPS) is 25.5. The Morgan fingerprint density at radius 2 is 1.78 bits per heavy atom. The average molecular weight is 370 g/mol. The highest BCUT2D eigenvalue weighted by atomic mass is 19.1. The Balaban J connectivity index is 1.70. The number of rotatable bonds is 7. The van der Waals surface area contributed by atoms with Crippen LogP contribution < -0.4 is 5.32 Å². The molecule has 0 saturated carbocycles. The van der Waals surface area contributed by atoms with Crippen molar-refractivity contribution >= 4 is 0 Å². The van der Waals surface area contributed by atoms with E-state index in [9.17, 15) is 4.39 Å². The zero-order valence-electron chi connectivity index (χ0n) is 16.9. The second kappa shape index (κ2) is 8.53. The van der Waals surface area contributed by atoms with Crippen molar-refractivity contribution in [2.24, 2.45) is 0 Å². The molecule has 1 heterocycles. The molecule has 2 aromatic rings. The van der Waals surface area contributed by atoms with Gasteiger partial charge >= 0.3 is 0 Å². The molecule has 3 rings (SSSR count). The van der Waals surface area contributed by atoms with Crippen molar-refractivity contribution in [2.45, 2.75) is 64.0 Å². The standard InChI is InChI=1S/C24H32FNO/c1-4-23(3)18-24(14-16-27-23,21-9-5-19(2)6-10-21)13-15-26-17-20-7-11-22(25)12-8-20/h5-12,26H,4,13-18H2,1-3H3/t23-,24+/m0/s1. The lowest BCUT2D eigenvalue weighted by molar-refractivity contribution is -0.0979. The van der Waals surface area contributed by atoms with Crippen LogP contribution in [0.3, 0.4) is 0 Å². The summed E-state index contributed by atoms with van der Waals surface area (Å²) in [6.07, 6.45) is 4.22. The van der Waals surface area contributed by atoms with Crippen molar-refractivity contribution in [1.82, 2.24) is 5.32 Å². The van der Waals surface area contributed by atoms with Crippen molar-refractivity contribution < 1.29 is 9.13 Å². The fraction of sp³-hybridized carbons (Fsp3) is 0.500. The Hall–Kier alpha value is -1.71. The van der Waals surface area contributed by atoms with E-state index in [0.29, 0.717) is 0 Å². The molecule has 2 atom stereocenters. The van der Waals surface area contributed by atoms with Gasteiger partial charge in [-0.15, -0.1) is 0 Å². The number of hydrogen-bond acceptors (Lipinski definition) is 2. The first-order valence-electron chi connectivity index (χ1n) is 10.1. The first kappa shape index (κ1) is 20.0. The lowest BCUT2D eigenvalue weighted by Gasteiger charge is -2.47. The third-order valence-electron chi connectivity index (χ3n) is 6.18. The zero-order valence-corrected chi connectivity index (χ0v) is 16.9. The lowest BCUT2D eigenvalue weighted by Crippen LogP contribution is -2.46. The number of benzene rings is 2. The second-order valence-electron chi connectivity index (χ2n) is 8.28. The first-order valence-corrected chi connectivity index (χ1v) is 10.1. The summed E-state index contributed by atoms with van der Waals surface area (Å²) in [6.45, 7) is 9.13. The minimum atomic E-state index is -0.182. The molecule has 0 radical (unpaired) electrons. The van der Waals surface area contributed by atoms with Crippen LogP contribution in [0.1, 0.15) is 56.2 Å². The van der Waals surface area contributed by atoms with Crippen LogP contribution in [-0.2, 0) is 16.7 Å². The van der Waals surface area contributed by atoms with Gasteiger partial charge in [-0.1, -0.05) is 48.9 Å². The third kappa shape index (κ3) is 4.97. The fourth-order valence-electron chi connectivity index (χ4n) is 4.25. The number of ether oxygens (including phenoxy) is 1. The maximum absolute atomic E-state index is 13.1. The highest BCUT2D eigenvalue weighted by Gasteiger charge is 2.43. The Morgan fingerprint density at radius 1 is 1.07 bits per heavy atom. The predicted octanol–water partition coefficient (Wildman–Crippen LogP) is 5.53. The van der Waals surface area contributed by atoms with Crippen molar-refractivity contribution in [3.63, 3.8) is 0 Å². The fourth-order valence-corrected chi connectivity index (χ4v) is 4.25. The second-order valence-corrected chi connectivity index (χ2v) is 8.28. The quantitative estimate of drug-likeness (QED) is 0.648. The van der Waals surface area contributed by atoms with Crippen molar-refractivity contribution in [1.29, 1.82) is 0 Å². The van der Waals surface area contributed by atoms with Crippen LogP contribution >= 0.6 is 0 Å². The molecule has 27 heavy (non-hydrogen) atoms. The van der Waals surface area contributed by atoms with E-state index in [1.807, 2.05) is 12.1 Å². The van der Waals surface area contributed by atoms with Crippen LogP contribution in [0.2, 0.25) is 0 Å². The van der Waals surface area contributed by atoms with Gasteiger partial charge in [-0.25, -0.2) is 4.39 Å². The molecule has 2 nitrogen and oxygen atoms in total. The van der Waals surface area contributed by atoms with Gasteiger partial charge < -0.3 is 10.1 Å². The SMILES string of the molecule is CC[C@@]1(C)C[C@](CCNCc2ccc(F)cc2)(c2ccc(C)cc2)CCO1. The summed E-state index contributed by atoms with van der Waals surface area (Å²) in [6, 6.07) is 15.8. The Labute approximate surface area is 163 Å². The number of nitrogens with one attached hydrogen (secondary N) is 1. The average Bonchev–Trinajstić information content (AvgIpc) is 2.67. The number of halogens is 1. The molecule has 3 heteroatoms. The Kier molecular flexibility index (Phi) is 6.33. The van der Waals surface area contributed by atoms with Gasteiger partial charge in [-0.3, -0.25) is 0 Å². The van der Waals surface area contributed by atoms with E-state index in [2.05, 4.69) is 50.4 Å². The topological polar surface area (TPSA) is 21.3 Å². The van der Waals surface area contributed by atoms with Gasteiger partial charge in [0.05, 0.1) is 5.60 Å². The Morgan fingerprint density at radius 3 is 2.44 bits per heavy atom. The van der Waals surface area contributed by atoms with Gasteiger partial charge in [-0.05, 0) is 69.3 Å². The summed E-state index contributed by atoms with van der Waals surface area (Å²) in [5, 5.41) is 3.56. The summed E-state index contributed by atoms with van der Waals surface area (Å²) in [5.41, 5.74) is 3.94. The van der Waals surface area contributed by atoms with Gasteiger partial charge in [0, 0.05) is 18.6 Å². The molecule has 146 valence electrons. The first-order chi connectivity index (χ1) is 12.9. The summed E-state index contributed by atoms with van der Waals surface area (Å²) in [7, 11) is 0. The van der Waals surface area contributed by atoms with E-state index < -0.39 is 0 Å². The molecule has 1 aliphatic heterocycles. The van der Waals surface area contributed by atoms with Crippen molar-refractivity contribution in [3.8, 4) is 0 Å². The van der Waals surface area contributed by atoms with Gasteiger partial charge in [0.25, 0.3) is 0 Å². The van der Waals surface area contributed by atoms with Gasteiger partial charge in [0.15, 0.2) is 0 Å². The molecule has 1 saturated heterocycles. The van der Waals surface area contributed by atoms with E-state index in [1.165, 1.54) is 23.3 Å². The lowest BCUT2D eigenvalue weighted by atomic mass is 9.66. The van der Waals surface area contributed by atoms with E-state index in [4.69, 9.17) is 4.74 Å². The van der Waals surface area contributed by atoms with Gasteiger partial charge in [0.2, 0.25) is 0 Å². The molecule has 1 aliphatic rings. The largest absolute Gasteiger partial charge is 0.375 e. The highest BCUT2D eigenvalue weighted by molar-refractivity contribution is 5.30. The summed E-state index contributed by atoms with van der Waals surface area (Å²) in [5.74, 6) is -0.182. The van der Waals surface area contributed by atoms with Gasteiger partial charge in [-0.2, -0.15) is 0 Å². The Bertz CT molecular complexity index is 727. The molecule has 0 aliphatic carbocycles. The predicted molar refractivity (Wildman–Crippen MR) is 109 cm³/mol. The van der Waals surface area contributed by atoms with E-state index in [0.717, 1.165) is 50.9 Å². The van der Waals surface area contributed by atoms with E-state index in [1.54, 1.807) is 0 Å². The molecule has 0 bridgehead atoms. The smallest absolute Gasteiger partial charge is 0.123 e. The molecule has 0 spiro atoms. The molecular weight excluding hydrogens is 337 g/mol. The minimum Gasteiger partial charge on any atom is -0.375 e. The molecule has 0 unspecified atom stereocenters. The van der Waals surface area contributed by atoms with Gasteiger partial charge in [0.1, 0.15) is 5.82 Å². The third-order valence-corrected chi connectivity index (χ3v) is 6.18. The molecular formula is C24H32FNO. The summed E-state index contributed by atoms with van der Waals surface area (Å²) in [4.78, 5) is 0. The molecule has 0 aromatic heterocycles. The van der Waals surface area contributed by atoms with Crippen LogP contribution in [0.4, 0.5) is 4.39 Å². The maximum atomic E-state index is 13.1. The molecule has 2 aromatic carbocycles. The summed E-state index contributed by atoms with van der Waals surface area (Å²) < 4.78 is 19.2. The number of hydrogen-bond donors (Lipinski definition) is 1. The highest BCUT2D eigenvalue weighted by Crippen LogP contribution is 2.45. The van der Waals surface area contributed by atoms with Crippen molar-refractivity contribution in [3.05, 3.63) is 71.0 Å².